The molecular formula is C21H15FO4S. The van der Waals surface area contributed by atoms with Gasteiger partial charge in [-0.1, -0.05) is 24.3 Å². The zero-order valence-corrected chi connectivity index (χ0v) is 14.9. The molecule has 0 fully saturated rings. The van der Waals surface area contributed by atoms with E-state index in [1.54, 1.807) is 18.2 Å². The fourth-order valence-electron chi connectivity index (χ4n) is 2.17. The van der Waals surface area contributed by atoms with Crippen LogP contribution in [0.5, 0.6) is 11.5 Å². The van der Waals surface area contributed by atoms with Crippen molar-refractivity contribution in [1.29, 1.82) is 0 Å². The second-order valence-corrected chi connectivity index (χ2v) is 6.50. The summed E-state index contributed by atoms with van der Waals surface area (Å²) in [6.45, 7) is 0. The highest BCUT2D eigenvalue weighted by molar-refractivity contribution is 8.00. The lowest BCUT2D eigenvalue weighted by atomic mass is 10.2. The fraction of sp³-hybridized carbons (Fsp3) is 0.0476. The average Bonchev–Trinajstić information content (AvgIpc) is 2.68. The maximum Gasteiger partial charge on any atom is 0.343 e. The number of carbonyl (C=O) groups is 2. The summed E-state index contributed by atoms with van der Waals surface area (Å²) in [5.74, 6) is -0.815. The number of halogens is 1. The number of rotatable bonds is 6. The Balaban J connectivity index is 1.57. The number of carbonyl (C=O) groups excluding carboxylic acids is 2. The lowest BCUT2D eigenvalue weighted by molar-refractivity contribution is -0.131. The molecule has 0 radical (unpaired) electrons. The average molecular weight is 382 g/mol. The van der Waals surface area contributed by atoms with Crippen molar-refractivity contribution in [1.82, 2.24) is 0 Å². The predicted octanol–water partition coefficient (Wildman–Crippen LogP) is 4.74. The highest BCUT2D eigenvalue weighted by Crippen LogP contribution is 2.22. The van der Waals surface area contributed by atoms with Gasteiger partial charge in [0.15, 0.2) is 0 Å². The molecule has 136 valence electrons. The van der Waals surface area contributed by atoms with E-state index in [0.29, 0.717) is 0 Å². The number of ether oxygens (including phenoxy) is 2. The zero-order chi connectivity index (χ0) is 19.1. The van der Waals surface area contributed by atoms with Gasteiger partial charge in [-0.3, -0.25) is 4.79 Å². The maximum absolute atomic E-state index is 12.9. The first-order chi connectivity index (χ1) is 13.1. The summed E-state index contributed by atoms with van der Waals surface area (Å²) in [6.07, 6.45) is 0. The van der Waals surface area contributed by atoms with Crippen LogP contribution in [0.25, 0.3) is 0 Å². The molecule has 0 aliphatic rings. The van der Waals surface area contributed by atoms with Crippen molar-refractivity contribution < 1.29 is 23.5 Å². The van der Waals surface area contributed by atoms with Crippen LogP contribution in [-0.4, -0.2) is 17.7 Å². The van der Waals surface area contributed by atoms with Crippen molar-refractivity contribution in [2.75, 3.05) is 5.75 Å². The first kappa shape index (κ1) is 18.7. The number of esters is 2. The Labute approximate surface area is 159 Å². The highest BCUT2D eigenvalue weighted by Gasteiger charge is 2.11. The van der Waals surface area contributed by atoms with Gasteiger partial charge in [0.2, 0.25) is 0 Å². The van der Waals surface area contributed by atoms with Crippen LogP contribution in [0.2, 0.25) is 0 Å². The van der Waals surface area contributed by atoms with Crippen LogP contribution in [0.1, 0.15) is 10.4 Å². The number of hydrogen-bond acceptors (Lipinski definition) is 5. The highest BCUT2D eigenvalue weighted by atomic mass is 32.2. The largest absolute Gasteiger partial charge is 0.426 e. The summed E-state index contributed by atoms with van der Waals surface area (Å²) in [4.78, 5) is 25.0. The first-order valence-corrected chi connectivity index (χ1v) is 9.05. The molecule has 0 atom stereocenters. The van der Waals surface area contributed by atoms with Crippen LogP contribution < -0.4 is 9.47 Å². The van der Waals surface area contributed by atoms with Crippen LogP contribution in [0.4, 0.5) is 4.39 Å². The van der Waals surface area contributed by atoms with Gasteiger partial charge in [-0.05, 0) is 48.5 Å². The molecule has 3 aromatic carbocycles. The van der Waals surface area contributed by atoms with Gasteiger partial charge in [0, 0.05) is 11.0 Å². The van der Waals surface area contributed by atoms with Gasteiger partial charge in [-0.25, -0.2) is 9.18 Å². The molecule has 0 heterocycles. The van der Waals surface area contributed by atoms with Crippen LogP contribution >= 0.6 is 11.8 Å². The van der Waals surface area contributed by atoms with Crippen LogP contribution in [0, 0.1) is 5.82 Å². The van der Waals surface area contributed by atoms with Gasteiger partial charge in [0.05, 0.1) is 11.3 Å². The summed E-state index contributed by atoms with van der Waals surface area (Å²) < 4.78 is 23.4. The topological polar surface area (TPSA) is 52.6 Å². The molecule has 0 aliphatic heterocycles. The molecule has 3 aromatic rings. The normalized spacial score (nSPS) is 10.3. The number of thioether (sulfide) groups is 1. The SMILES string of the molecule is O=C(CSc1ccccc1)Oc1cccc(OC(=O)c2ccc(F)cc2)c1. The molecule has 0 amide bonds. The van der Waals surface area contributed by atoms with Crippen LogP contribution in [0.15, 0.2) is 83.8 Å². The summed E-state index contributed by atoms with van der Waals surface area (Å²) >= 11 is 1.37. The fourth-order valence-corrected chi connectivity index (χ4v) is 2.87. The summed E-state index contributed by atoms with van der Waals surface area (Å²) in [6, 6.07) is 20.8. The van der Waals surface area contributed by atoms with Gasteiger partial charge in [-0.15, -0.1) is 11.8 Å². The van der Waals surface area contributed by atoms with E-state index in [2.05, 4.69) is 0 Å². The van der Waals surface area contributed by atoms with E-state index in [1.807, 2.05) is 30.3 Å². The molecule has 0 unspecified atom stereocenters. The smallest absolute Gasteiger partial charge is 0.343 e. The van der Waals surface area contributed by atoms with E-state index in [0.717, 1.165) is 4.90 Å². The first-order valence-electron chi connectivity index (χ1n) is 8.06. The molecule has 6 heteroatoms. The molecule has 3 rings (SSSR count). The minimum atomic E-state index is -0.627. The Bertz CT molecular complexity index is 926. The van der Waals surface area contributed by atoms with E-state index in [-0.39, 0.29) is 22.8 Å². The third-order valence-electron chi connectivity index (χ3n) is 3.43. The molecule has 0 spiro atoms. The molecule has 0 N–H and O–H groups in total. The zero-order valence-electron chi connectivity index (χ0n) is 14.1. The van der Waals surface area contributed by atoms with Crippen LogP contribution in [0.3, 0.4) is 0 Å². The second-order valence-electron chi connectivity index (χ2n) is 5.45. The van der Waals surface area contributed by atoms with Gasteiger partial charge in [0.25, 0.3) is 0 Å². The predicted molar refractivity (Wildman–Crippen MR) is 101 cm³/mol. The standard InChI is InChI=1S/C21H15FO4S/c22-16-11-9-15(10-12-16)21(24)26-18-6-4-5-17(13-18)25-20(23)14-27-19-7-2-1-3-8-19/h1-13H,14H2. The third kappa shape index (κ3) is 5.69. The summed E-state index contributed by atoms with van der Waals surface area (Å²) in [5, 5.41) is 0. The van der Waals surface area contributed by atoms with Crippen molar-refractivity contribution in [2.24, 2.45) is 0 Å². The van der Waals surface area contributed by atoms with Gasteiger partial charge >= 0.3 is 11.9 Å². The van der Waals surface area contributed by atoms with E-state index in [1.165, 1.54) is 42.1 Å². The summed E-state index contributed by atoms with van der Waals surface area (Å²) in [7, 11) is 0. The minimum absolute atomic E-state index is 0.156. The van der Waals surface area contributed by atoms with Gasteiger partial charge in [-0.2, -0.15) is 0 Å². The van der Waals surface area contributed by atoms with E-state index < -0.39 is 17.8 Å². The molecule has 0 saturated carbocycles. The Kier molecular flexibility index (Phi) is 6.22. The van der Waals surface area contributed by atoms with E-state index >= 15 is 0 Å². The summed E-state index contributed by atoms with van der Waals surface area (Å²) in [5.41, 5.74) is 0.220. The second kappa shape index (κ2) is 9.00. The van der Waals surface area contributed by atoms with E-state index in [4.69, 9.17) is 9.47 Å². The Morgan fingerprint density at radius 1 is 0.815 bits per heavy atom. The number of hydrogen-bond donors (Lipinski definition) is 0. The lowest BCUT2D eigenvalue weighted by Gasteiger charge is -2.07. The van der Waals surface area contributed by atoms with Crippen molar-refractivity contribution in [2.45, 2.75) is 4.90 Å². The quantitative estimate of drug-likeness (QED) is 0.350. The maximum atomic E-state index is 12.9. The molecule has 0 aliphatic carbocycles. The molecule has 27 heavy (non-hydrogen) atoms. The van der Waals surface area contributed by atoms with Crippen molar-refractivity contribution in [3.05, 3.63) is 90.2 Å². The molecule has 0 saturated heterocycles. The lowest BCUT2D eigenvalue weighted by Crippen LogP contribution is -2.11. The Morgan fingerprint density at radius 3 is 2.19 bits per heavy atom. The Morgan fingerprint density at radius 2 is 1.48 bits per heavy atom. The van der Waals surface area contributed by atoms with E-state index in [9.17, 15) is 14.0 Å². The minimum Gasteiger partial charge on any atom is -0.426 e. The van der Waals surface area contributed by atoms with Gasteiger partial charge in [0.1, 0.15) is 17.3 Å². The molecule has 0 bridgehead atoms. The molecule has 4 nitrogen and oxygen atoms in total. The van der Waals surface area contributed by atoms with Crippen LogP contribution in [-0.2, 0) is 4.79 Å². The van der Waals surface area contributed by atoms with Gasteiger partial charge < -0.3 is 9.47 Å². The molecule has 0 aromatic heterocycles. The van der Waals surface area contributed by atoms with Crippen molar-refractivity contribution in [3.63, 3.8) is 0 Å². The van der Waals surface area contributed by atoms with Crippen molar-refractivity contribution >= 4 is 23.7 Å². The van der Waals surface area contributed by atoms with Crippen molar-refractivity contribution in [3.8, 4) is 11.5 Å². The monoisotopic (exact) mass is 382 g/mol. The number of benzene rings is 3. The molecular weight excluding hydrogens is 367 g/mol. The third-order valence-corrected chi connectivity index (χ3v) is 4.41. The Hall–Kier alpha value is -3.12.